The van der Waals surface area contributed by atoms with Gasteiger partial charge in [-0.05, 0) is 19.1 Å². The smallest absolute Gasteiger partial charge is 0.244 e. The van der Waals surface area contributed by atoms with E-state index in [0.29, 0.717) is 26.2 Å². The molecule has 1 fully saturated rings. The number of benzene rings is 1. The Bertz CT molecular complexity index is 861. The van der Waals surface area contributed by atoms with Crippen LogP contribution >= 0.6 is 0 Å². The minimum Gasteiger partial charge on any atom is -0.296 e. The number of H-pyrrole nitrogens is 1. The van der Waals surface area contributed by atoms with Gasteiger partial charge in [0.05, 0.1) is 16.7 Å². The normalized spacial score (nSPS) is 16.8. The molecule has 24 heavy (non-hydrogen) atoms. The number of aromatic nitrogens is 2. The Morgan fingerprint density at radius 2 is 1.96 bits per heavy atom. The predicted molar refractivity (Wildman–Crippen MR) is 88.5 cm³/mol. The number of nitrogens with zero attached hydrogens (tertiary/aromatic N) is 4. The van der Waals surface area contributed by atoms with E-state index in [4.69, 9.17) is 5.26 Å². The molecular weight excluding hydrogens is 326 g/mol. The summed E-state index contributed by atoms with van der Waals surface area (Å²) in [5.74, 6) is 0. The molecule has 0 radical (unpaired) electrons. The molecule has 0 unspecified atom stereocenters. The summed E-state index contributed by atoms with van der Waals surface area (Å²) >= 11 is 0. The van der Waals surface area contributed by atoms with E-state index in [2.05, 4.69) is 15.1 Å². The summed E-state index contributed by atoms with van der Waals surface area (Å²) < 4.78 is 27.0. The van der Waals surface area contributed by atoms with Gasteiger partial charge in [0.2, 0.25) is 10.0 Å². The lowest BCUT2D eigenvalue weighted by atomic mass is 10.2. The van der Waals surface area contributed by atoms with Gasteiger partial charge in [0, 0.05) is 44.0 Å². The molecule has 0 spiro atoms. The molecule has 0 bridgehead atoms. The van der Waals surface area contributed by atoms with Crippen molar-refractivity contribution in [1.82, 2.24) is 19.4 Å². The number of nitrogens with one attached hydrogen (secondary N) is 1. The maximum Gasteiger partial charge on any atom is 0.244 e. The van der Waals surface area contributed by atoms with Crippen LogP contribution in [0.15, 0.2) is 35.4 Å². The lowest BCUT2D eigenvalue weighted by Gasteiger charge is -2.34. The van der Waals surface area contributed by atoms with Gasteiger partial charge in [0.1, 0.15) is 6.07 Å². The first-order valence-corrected chi connectivity index (χ1v) is 9.17. The molecule has 0 saturated carbocycles. The molecule has 3 rings (SSSR count). The average Bonchev–Trinajstić information content (AvgIpc) is 3.00. The number of nitriles is 1. The van der Waals surface area contributed by atoms with Gasteiger partial charge >= 0.3 is 0 Å². The van der Waals surface area contributed by atoms with Crippen LogP contribution in [0.1, 0.15) is 16.8 Å². The van der Waals surface area contributed by atoms with Gasteiger partial charge in [-0.1, -0.05) is 12.1 Å². The molecule has 1 aliphatic heterocycles. The molecular formula is C16H19N5O2S. The minimum absolute atomic E-state index is 0.0895. The fourth-order valence-electron chi connectivity index (χ4n) is 2.83. The highest BCUT2D eigenvalue weighted by Crippen LogP contribution is 2.21. The van der Waals surface area contributed by atoms with E-state index in [-0.39, 0.29) is 10.5 Å². The van der Waals surface area contributed by atoms with Crippen molar-refractivity contribution < 1.29 is 8.42 Å². The maximum atomic E-state index is 12.8. The Hall–Kier alpha value is -2.21. The second kappa shape index (κ2) is 6.73. The SMILES string of the molecule is Cc1[nH]ncc1CN1CCN(S(=O)(=O)c2ccccc2C#N)CC1. The first kappa shape index (κ1) is 16.6. The van der Waals surface area contributed by atoms with Gasteiger partial charge in [0.25, 0.3) is 0 Å². The van der Waals surface area contributed by atoms with Crippen molar-refractivity contribution in [2.75, 3.05) is 26.2 Å². The Labute approximate surface area is 141 Å². The van der Waals surface area contributed by atoms with Crippen LogP contribution in [0.5, 0.6) is 0 Å². The number of rotatable bonds is 4. The molecule has 0 atom stereocenters. The van der Waals surface area contributed by atoms with Gasteiger partial charge < -0.3 is 0 Å². The average molecular weight is 345 g/mol. The highest BCUT2D eigenvalue weighted by molar-refractivity contribution is 7.89. The number of hydrogen-bond acceptors (Lipinski definition) is 5. The number of piperazine rings is 1. The zero-order valence-corrected chi connectivity index (χ0v) is 14.3. The maximum absolute atomic E-state index is 12.8. The Kier molecular flexibility index (Phi) is 4.66. The van der Waals surface area contributed by atoms with E-state index in [1.807, 2.05) is 19.2 Å². The summed E-state index contributed by atoms with van der Waals surface area (Å²) in [7, 11) is -3.63. The minimum atomic E-state index is -3.63. The molecule has 1 N–H and O–H groups in total. The Balaban J connectivity index is 1.70. The van der Waals surface area contributed by atoms with Crippen LogP contribution in [0, 0.1) is 18.3 Å². The topological polar surface area (TPSA) is 93.1 Å². The van der Waals surface area contributed by atoms with Crippen molar-refractivity contribution in [2.45, 2.75) is 18.4 Å². The van der Waals surface area contributed by atoms with E-state index < -0.39 is 10.0 Å². The molecule has 1 aliphatic rings. The van der Waals surface area contributed by atoms with Crippen LogP contribution in [0.3, 0.4) is 0 Å². The zero-order valence-electron chi connectivity index (χ0n) is 13.4. The summed E-state index contributed by atoms with van der Waals surface area (Å²) in [5, 5.41) is 16.1. The van der Waals surface area contributed by atoms with E-state index in [1.54, 1.807) is 12.1 Å². The second-order valence-corrected chi connectivity index (χ2v) is 7.71. The Morgan fingerprint density at radius 3 is 2.58 bits per heavy atom. The monoisotopic (exact) mass is 345 g/mol. The van der Waals surface area contributed by atoms with Gasteiger partial charge in [-0.15, -0.1) is 0 Å². The third kappa shape index (κ3) is 3.19. The van der Waals surface area contributed by atoms with Crippen molar-refractivity contribution in [3.63, 3.8) is 0 Å². The molecule has 2 heterocycles. The lowest BCUT2D eigenvalue weighted by Crippen LogP contribution is -2.48. The van der Waals surface area contributed by atoms with Crippen molar-refractivity contribution in [3.8, 4) is 6.07 Å². The number of hydrogen-bond donors (Lipinski definition) is 1. The third-order valence-electron chi connectivity index (χ3n) is 4.28. The molecule has 8 heteroatoms. The Morgan fingerprint density at radius 1 is 1.25 bits per heavy atom. The molecule has 2 aromatic rings. The fourth-order valence-corrected chi connectivity index (χ4v) is 4.39. The third-order valence-corrected chi connectivity index (χ3v) is 6.24. The van der Waals surface area contributed by atoms with Gasteiger partial charge in [-0.25, -0.2) is 8.42 Å². The van der Waals surface area contributed by atoms with E-state index in [1.165, 1.54) is 16.4 Å². The summed E-state index contributed by atoms with van der Waals surface area (Å²) in [6.07, 6.45) is 1.81. The van der Waals surface area contributed by atoms with Crippen LogP contribution < -0.4 is 0 Å². The number of aromatic amines is 1. The highest BCUT2D eigenvalue weighted by atomic mass is 32.2. The lowest BCUT2D eigenvalue weighted by molar-refractivity contribution is 0.181. The van der Waals surface area contributed by atoms with Crippen LogP contribution in [-0.2, 0) is 16.6 Å². The van der Waals surface area contributed by atoms with Crippen molar-refractivity contribution >= 4 is 10.0 Å². The van der Waals surface area contributed by atoms with Crippen LogP contribution in [0.2, 0.25) is 0 Å². The van der Waals surface area contributed by atoms with E-state index >= 15 is 0 Å². The van der Waals surface area contributed by atoms with Crippen molar-refractivity contribution in [1.29, 1.82) is 5.26 Å². The number of sulfonamides is 1. The summed E-state index contributed by atoms with van der Waals surface area (Å²) in [4.78, 5) is 2.30. The fraction of sp³-hybridized carbons (Fsp3) is 0.375. The molecule has 1 saturated heterocycles. The van der Waals surface area contributed by atoms with Crippen LogP contribution in [0.4, 0.5) is 0 Å². The van der Waals surface area contributed by atoms with E-state index in [0.717, 1.165) is 17.8 Å². The van der Waals surface area contributed by atoms with E-state index in [9.17, 15) is 8.42 Å². The molecule has 0 aliphatic carbocycles. The predicted octanol–water partition coefficient (Wildman–Crippen LogP) is 1.10. The quantitative estimate of drug-likeness (QED) is 0.895. The number of aryl methyl sites for hydroxylation is 1. The van der Waals surface area contributed by atoms with Crippen molar-refractivity contribution in [2.24, 2.45) is 0 Å². The standard InChI is InChI=1S/C16H19N5O2S/c1-13-15(11-18-19-13)12-20-6-8-21(9-7-20)24(22,23)16-5-3-2-4-14(16)10-17/h2-5,11H,6-9,12H2,1H3,(H,18,19). The zero-order chi connectivity index (χ0) is 17.2. The summed E-state index contributed by atoms with van der Waals surface area (Å²) in [6, 6.07) is 8.30. The molecule has 126 valence electrons. The van der Waals surface area contributed by atoms with Crippen LogP contribution in [0.25, 0.3) is 0 Å². The largest absolute Gasteiger partial charge is 0.296 e. The second-order valence-electron chi connectivity index (χ2n) is 5.81. The summed E-state index contributed by atoms with van der Waals surface area (Å²) in [6.45, 7) is 4.86. The van der Waals surface area contributed by atoms with Gasteiger partial charge in [-0.2, -0.15) is 14.7 Å². The molecule has 0 amide bonds. The van der Waals surface area contributed by atoms with Gasteiger partial charge in [0.15, 0.2) is 0 Å². The molecule has 1 aromatic heterocycles. The highest BCUT2D eigenvalue weighted by Gasteiger charge is 2.30. The first-order chi connectivity index (χ1) is 11.5. The molecule has 7 nitrogen and oxygen atoms in total. The molecule has 1 aromatic carbocycles. The van der Waals surface area contributed by atoms with Gasteiger partial charge in [-0.3, -0.25) is 10.00 Å². The van der Waals surface area contributed by atoms with Crippen molar-refractivity contribution in [3.05, 3.63) is 47.3 Å². The first-order valence-electron chi connectivity index (χ1n) is 7.73. The summed E-state index contributed by atoms with van der Waals surface area (Å²) in [5.41, 5.74) is 2.35. The van der Waals surface area contributed by atoms with Crippen LogP contribution in [-0.4, -0.2) is 54.0 Å².